The van der Waals surface area contributed by atoms with Crippen molar-refractivity contribution in [1.82, 2.24) is 9.80 Å². The van der Waals surface area contributed by atoms with Crippen LogP contribution in [-0.4, -0.2) is 71.0 Å². The molecule has 2 fully saturated rings. The van der Waals surface area contributed by atoms with Gasteiger partial charge >= 0.3 is 11.9 Å². The van der Waals surface area contributed by atoms with Gasteiger partial charge in [0.25, 0.3) is 0 Å². The summed E-state index contributed by atoms with van der Waals surface area (Å²) in [6.07, 6.45) is 3.62. The predicted molar refractivity (Wildman–Crippen MR) is 112 cm³/mol. The molecule has 160 valence electrons. The van der Waals surface area contributed by atoms with Gasteiger partial charge in [0.2, 0.25) is 11.8 Å². The lowest BCUT2D eigenvalue weighted by Crippen LogP contribution is -2.17. The smallest absolute Gasteiger partial charge is 0.335 e. The largest absolute Gasteiger partial charge is 0.478 e. The van der Waals surface area contributed by atoms with Crippen molar-refractivity contribution in [3.05, 3.63) is 47.5 Å². The lowest BCUT2D eigenvalue weighted by Gasteiger charge is -2.03. The number of nitrogens with zero attached hydrogens (tertiary/aromatic N) is 2. The minimum absolute atomic E-state index is 0.190. The van der Waals surface area contributed by atoms with E-state index in [-0.39, 0.29) is 11.1 Å². The molecule has 2 aliphatic heterocycles. The van der Waals surface area contributed by atoms with E-state index in [1.807, 2.05) is 14.1 Å². The monoisotopic (exact) mass is 414 g/mol. The van der Waals surface area contributed by atoms with Crippen LogP contribution in [0, 0.1) is 0 Å². The van der Waals surface area contributed by atoms with Crippen LogP contribution in [0.3, 0.4) is 0 Å². The van der Waals surface area contributed by atoms with E-state index >= 15 is 0 Å². The summed E-state index contributed by atoms with van der Waals surface area (Å²) in [5.74, 6) is -1.41. The molecule has 2 saturated heterocycles. The molecule has 4 rings (SSSR count). The maximum absolute atomic E-state index is 10.7. The van der Waals surface area contributed by atoms with Gasteiger partial charge < -0.3 is 20.0 Å². The third-order valence-electron chi connectivity index (χ3n) is 4.95. The molecule has 0 spiro atoms. The van der Waals surface area contributed by atoms with Crippen LogP contribution in [0.4, 0.5) is 0 Å². The second-order valence-electron chi connectivity index (χ2n) is 7.22. The molecule has 0 aliphatic carbocycles. The number of carboxylic acid groups (broad SMARTS) is 2. The van der Waals surface area contributed by atoms with Crippen LogP contribution in [-0.2, 0) is 9.59 Å². The number of fused-ring (bicyclic) bond motifs is 1. The van der Waals surface area contributed by atoms with Crippen LogP contribution in [0.1, 0.15) is 46.4 Å². The van der Waals surface area contributed by atoms with Gasteiger partial charge in [0.1, 0.15) is 0 Å². The van der Waals surface area contributed by atoms with Crippen molar-refractivity contribution >= 4 is 34.5 Å². The molecule has 8 nitrogen and oxygen atoms in total. The Bertz CT molecular complexity index is 879. The van der Waals surface area contributed by atoms with E-state index in [9.17, 15) is 19.2 Å². The molecule has 8 heteroatoms. The number of rotatable bonds is 2. The van der Waals surface area contributed by atoms with Crippen molar-refractivity contribution in [1.29, 1.82) is 0 Å². The first-order valence-electron chi connectivity index (χ1n) is 9.67. The topological polar surface area (TPSA) is 115 Å². The van der Waals surface area contributed by atoms with Gasteiger partial charge in [-0.3, -0.25) is 9.59 Å². The molecule has 0 radical (unpaired) electrons. The summed E-state index contributed by atoms with van der Waals surface area (Å²) in [7, 11) is 3.69. The summed E-state index contributed by atoms with van der Waals surface area (Å²) < 4.78 is 0. The van der Waals surface area contributed by atoms with Crippen molar-refractivity contribution in [2.45, 2.75) is 25.7 Å². The van der Waals surface area contributed by atoms with Gasteiger partial charge in [-0.1, -0.05) is 12.1 Å². The molecule has 0 unspecified atom stereocenters. The van der Waals surface area contributed by atoms with Crippen molar-refractivity contribution in [2.24, 2.45) is 0 Å². The van der Waals surface area contributed by atoms with Crippen molar-refractivity contribution < 1.29 is 29.4 Å². The molecule has 2 aromatic rings. The number of carbonyl (C=O) groups is 4. The first-order chi connectivity index (χ1) is 14.2. The molecule has 2 N–H and O–H groups in total. The highest BCUT2D eigenvalue weighted by Crippen LogP contribution is 2.18. The number of hydrogen-bond acceptors (Lipinski definition) is 4. The zero-order valence-corrected chi connectivity index (χ0v) is 17.1. The van der Waals surface area contributed by atoms with Gasteiger partial charge in [0.05, 0.1) is 11.1 Å². The Labute approximate surface area is 174 Å². The van der Waals surface area contributed by atoms with Gasteiger partial charge in [-0.05, 0) is 47.9 Å². The third kappa shape index (κ3) is 6.30. The predicted octanol–water partition coefficient (Wildman–Crippen LogP) is 2.71. The molecule has 0 aromatic heterocycles. The number of carbonyl (C=O) groups excluding carboxylic acids is 2. The second-order valence-corrected chi connectivity index (χ2v) is 7.22. The zero-order chi connectivity index (χ0) is 22.3. The third-order valence-corrected chi connectivity index (χ3v) is 4.95. The van der Waals surface area contributed by atoms with Crippen LogP contribution < -0.4 is 0 Å². The average Bonchev–Trinajstić information content (AvgIpc) is 3.28. The van der Waals surface area contributed by atoms with Crippen LogP contribution in [0.25, 0.3) is 10.8 Å². The number of amides is 2. The van der Waals surface area contributed by atoms with E-state index in [1.165, 1.54) is 24.3 Å². The molecule has 30 heavy (non-hydrogen) atoms. The van der Waals surface area contributed by atoms with E-state index in [0.29, 0.717) is 22.6 Å². The first kappa shape index (κ1) is 22.9. The second kappa shape index (κ2) is 10.4. The maximum atomic E-state index is 10.7. The normalized spacial score (nSPS) is 15.4. The van der Waals surface area contributed by atoms with E-state index in [1.54, 1.807) is 21.9 Å². The first-order valence-corrected chi connectivity index (χ1v) is 9.67. The molecule has 2 heterocycles. The molecule has 0 atom stereocenters. The SMILES string of the molecule is CN1CCCC1=O.CN1CCCC1=O.O=C(O)c1ccc2cc(C(=O)O)ccc2c1. The van der Waals surface area contributed by atoms with Gasteiger partial charge in [-0.25, -0.2) is 9.59 Å². The van der Waals surface area contributed by atoms with Crippen molar-refractivity contribution in [2.75, 3.05) is 27.2 Å². The Kier molecular flexibility index (Phi) is 7.91. The summed E-state index contributed by atoms with van der Waals surface area (Å²) in [4.78, 5) is 46.0. The number of hydrogen-bond donors (Lipinski definition) is 2. The standard InChI is InChI=1S/C12H8O4.2C5H9NO/c13-11(14)9-3-1-7-5-10(12(15)16)4-2-8(7)6-9;2*1-6-4-2-3-5(6)7/h1-6H,(H,13,14)(H,15,16);2*2-4H2,1H3. The van der Waals surface area contributed by atoms with E-state index in [4.69, 9.17) is 10.2 Å². The minimum Gasteiger partial charge on any atom is -0.478 e. The maximum Gasteiger partial charge on any atom is 0.335 e. The summed E-state index contributed by atoms with van der Waals surface area (Å²) in [5, 5.41) is 19.0. The molecular weight excluding hydrogens is 388 g/mol. The fourth-order valence-corrected chi connectivity index (χ4v) is 3.08. The summed E-state index contributed by atoms with van der Waals surface area (Å²) in [6.45, 7) is 1.91. The highest BCUT2D eigenvalue weighted by molar-refractivity contribution is 5.98. The average molecular weight is 414 g/mol. The molecule has 2 aromatic carbocycles. The Morgan fingerprint density at radius 1 is 0.733 bits per heavy atom. The number of likely N-dealkylation sites (tertiary alicyclic amines) is 2. The van der Waals surface area contributed by atoms with Gasteiger partial charge in [-0.2, -0.15) is 0 Å². The van der Waals surface area contributed by atoms with Crippen LogP contribution in [0.15, 0.2) is 36.4 Å². The summed E-state index contributed by atoms with van der Waals surface area (Å²) >= 11 is 0. The quantitative estimate of drug-likeness (QED) is 0.781. The number of benzene rings is 2. The number of aromatic carboxylic acids is 2. The van der Waals surface area contributed by atoms with Gasteiger partial charge in [0, 0.05) is 40.0 Å². The summed E-state index contributed by atoms with van der Waals surface area (Å²) in [6, 6.07) is 9.15. The molecule has 2 aliphatic rings. The van der Waals surface area contributed by atoms with E-state index in [2.05, 4.69) is 0 Å². The highest BCUT2D eigenvalue weighted by atomic mass is 16.4. The Morgan fingerprint density at radius 3 is 1.30 bits per heavy atom. The van der Waals surface area contributed by atoms with E-state index in [0.717, 1.165) is 38.8 Å². The van der Waals surface area contributed by atoms with Crippen molar-refractivity contribution in [3.63, 3.8) is 0 Å². The Morgan fingerprint density at radius 2 is 1.10 bits per heavy atom. The Balaban J connectivity index is 0.000000188. The lowest BCUT2D eigenvalue weighted by molar-refractivity contribution is -0.127. The van der Waals surface area contributed by atoms with Gasteiger partial charge in [-0.15, -0.1) is 0 Å². The molecule has 2 amide bonds. The molecule has 0 bridgehead atoms. The van der Waals surface area contributed by atoms with Crippen molar-refractivity contribution in [3.8, 4) is 0 Å². The van der Waals surface area contributed by atoms with Crippen LogP contribution in [0.5, 0.6) is 0 Å². The minimum atomic E-state index is -0.996. The van der Waals surface area contributed by atoms with Gasteiger partial charge in [0.15, 0.2) is 0 Å². The molecule has 0 saturated carbocycles. The fraction of sp³-hybridized carbons (Fsp3) is 0.364. The summed E-state index contributed by atoms with van der Waals surface area (Å²) in [5.41, 5.74) is 0.381. The number of carboxylic acids is 2. The molecular formula is C22H26N2O6. The lowest BCUT2D eigenvalue weighted by atomic mass is 10.0. The van der Waals surface area contributed by atoms with Crippen LogP contribution in [0.2, 0.25) is 0 Å². The van der Waals surface area contributed by atoms with Crippen LogP contribution >= 0.6 is 0 Å². The fourth-order valence-electron chi connectivity index (χ4n) is 3.08. The zero-order valence-electron chi connectivity index (χ0n) is 17.1. The Hall–Kier alpha value is -3.42. The highest BCUT2D eigenvalue weighted by Gasteiger charge is 2.14. The van der Waals surface area contributed by atoms with E-state index < -0.39 is 11.9 Å².